The molecule has 31 heavy (non-hydrogen) atoms. The van der Waals surface area contributed by atoms with Gasteiger partial charge in [-0.15, -0.1) is 0 Å². The summed E-state index contributed by atoms with van der Waals surface area (Å²) in [5.41, 5.74) is 2.76. The predicted octanol–water partition coefficient (Wildman–Crippen LogP) is 4.99. The molecule has 0 bridgehead atoms. The van der Waals surface area contributed by atoms with E-state index in [0.717, 1.165) is 5.56 Å². The van der Waals surface area contributed by atoms with Crippen LogP contribution in [0.2, 0.25) is 0 Å². The Morgan fingerprint density at radius 3 is 2.39 bits per heavy atom. The Kier molecular flexibility index (Phi) is 5.54. The second-order valence-corrected chi connectivity index (χ2v) is 7.03. The van der Waals surface area contributed by atoms with Crippen molar-refractivity contribution in [1.29, 1.82) is 0 Å². The van der Waals surface area contributed by atoms with E-state index in [-0.39, 0.29) is 23.0 Å². The lowest BCUT2D eigenvalue weighted by atomic mass is 10.1. The molecule has 0 N–H and O–H groups in total. The highest BCUT2D eigenvalue weighted by atomic mass is 19.1. The molecule has 0 unspecified atom stereocenters. The zero-order valence-electron chi connectivity index (χ0n) is 17.4. The molecule has 0 saturated carbocycles. The summed E-state index contributed by atoms with van der Waals surface area (Å²) in [4.78, 5) is 19.3. The summed E-state index contributed by atoms with van der Waals surface area (Å²) in [5.74, 6) is 0.616. The van der Waals surface area contributed by atoms with Crippen molar-refractivity contribution in [2.75, 3.05) is 19.1 Å². The van der Waals surface area contributed by atoms with Crippen molar-refractivity contribution in [2.45, 2.75) is 6.92 Å². The third-order valence-electron chi connectivity index (χ3n) is 5.00. The molecule has 0 spiro atoms. The van der Waals surface area contributed by atoms with E-state index in [2.05, 4.69) is 4.99 Å². The Balaban J connectivity index is 1.85. The zero-order valence-corrected chi connectivity index (χ0v) is 17.4. The molecule has 156 valence electrons. The van der Waals surface area contributed by atoms with E-state index in [1.165, 1.54) is 11.0 Å². The summed E-state index contributed by atoms with van der Waals surface area (Å²) < 4.78 is 25.3. The summed E-state index contributed by atoms with van der Waals surface area (Å²) in [5, 5.41) is 0. The molecule has 0 atom stereocenters. The van der Waals surface area contributed by atoms with Crippen LogP contribution >= 0.6 is 0 Å². The fraction of sp³-hybridized carbons (Fsp3) is 0.120. The number of rotatable bonds is 5. The fourth-order valence-corrected chi connectivity index (χ4v) is 3.36. The maximum Gasteiger partial charge on any atom is 0.282 e. The quantitative estimate of drug-likeness (QED) is 0.551. The number of nitrogens with zero attached hydrogens (tertiary/aromatic N) is 2. The van der Waals surface area contributed by atoms with Gasteiger partial charge in [0.15, 0.2) is 5.84 Å². The second-order valence-electron chi connectivity index (χ2n) is 7.03. The normalized spacial score (nSPS) is 14.7. The summed E-state index contributed by atoms with van der Waals surface area (Å²) in [7, 11) is 3.11. The molecule has 0 saturated heterocycles. The molecule has 1 aliphatic heterocycles. The molecule has 1 amide bonds. The van der Waals surface area contributed by atoms with Gasteiger partial charge in [-0.3, -0.25) is 9.69 Å². The first-order chi connectivity index (χ1) is 15.0. The third kappa shape index (κ3) is 3.92. The van der Waals surface area contributed by atoms with Gasteiger partial charge < -0.3 is 9.47 Å². The maximum atomic E-state index is 14.6. The van der Waals surface area contributed by atoms with Gasteiger partial charge in [-0.25, -0.2) is 9.38 Å². The van der Waals surface area contributed by atoms with Crippen LogP contribution in [0.4, 0.5) is 10.1 Å². The van der Waals surface area contributed by atoms with Crippen molar-refractivity contribution in [1.82, 2.24) is 0 Å². The number of carbonyl (C=O) groups is 1. The van der Waals surface area contributed by atoms with E-state index in [1.54, 1.807) is 56.7 Å². The van der Waals surface area contributed by atoms with Crippen molar-refractivity contribution in [3.8, 4) is 11.5 Å². The van der Waals surface area contributed by atoms with Gasteiger partial charge in [-0.05, 0) is 49.4 Å². The Hall–Kier alpha value is -3.93. The number of hydrogen-bond acceptors (Lipinski definition) is 4. The standard InChI is InChI=1S/C25H21FN2O3/c1-16-8-11-18(12-9-16)28-24(20-6-4-5-7-21(20)26)27-22(25(28)29)14-17-10-13-19(30-2)15-23(17)31-3/h4-15H,1-3H3/b22-14+. The van der Waals surface area contributed by atoms with Crippen molar-refractivity contribution in [3.05, 3.63) is 94.9 Å². The number of aryl methyl sites for hydroxylation is 1. The minimum atomic E-state index is -0.450. The van der Waals surface area contributed by atoms with Gasteiger partial charge in [0.25, 0.3) is 5.91 Å². The number of hydrogen-bond donors (Lipinski definition) is 0. The number of methoxy groups -OCH3 is 2. The number of aliphatic imine (C=N–C) groups is 1. The number of anilines is 1. The molecule has 3 aromatic rings. The minimum Gasteiger partial charge on any atom is -0.497 e. The van der Waals surface area contributed by atoms with Gasteiger partial charge in [-0.2, -0.15) is 0 Å². The average molecular weight is 416 g/mol. The van der Waals surface area contributed by atoms with E-state index in [9.17, 15) is 9.18 Å². The molecule has 5 nitrogen and oxygen atoms in total. The Morgan fingerprint density at radius 2 is 1.71 bits per heavy atom. The number of carbonyl (C=O) groups excluding carboxylic acids is 1. The third-order valence-corrected chi connectivity index (χ3v) is 5.00. The van der Waals surface area contributed by atoms with E-state index < -0.39 is 5.82 Å². The molecule has 0 aliphatic carbocycles. The average Bonchev–Trinajstić information content (AvgIpc) is 3.10. The molecular formula is C25H21FN2O3. The van der Waals surface area contributed by atoms with Crippen LogP contribution in [0, 0.1) is 12.7 Å². The summed E-state index contributed by atoms with van der Waals surface area (Å²) in [6.07, 6.45) is 1.63. The van der Waals surface area contributed by atoms with Gasteiger partial charge in [0.2, 0.25) is 0 Å². The first-order valence-electron chi connectivity index (χ1n) is 9.70. The predicted molar refractivity (Wildman–Crippen MR) is 119 cm³/mol. The van der Waals surface area contributed by atoms with Gasteiger partial charge in [0, 0.05) is 11.6 Å². The first kappa shape index (κ1) is 20.3. The van der Waals surface area contributed by atoms with E-state index in [1.807, 2.05) is 31.2 Å². The maximum absolute atomic E-state index is 14.6. The van der Waals surface area contributed by atoms with E-state index in [0.29, 0.717) is 22.7 Å². The Bertz CT molecular complexity index is 1200. The Morgan fingerprint density at radius 1 is 0.968 bits per heavy atom. The van der Waals surface area contributed by atoms with Crippen LogP contribution in [0.5, 0.6) is 11.5 Å². The molecule has 1 aliphatic rings. The van der Waals surface area contributed by atoms with Crippen LogP contribution in [-0.2, 0) is 4.79 Å². The summed E-state index contributed by atoms with van der Waals surface area (Å²) in [6.45, 7) is 1.96. The van der Waals surface area contributed by atoms with Crippen molar-refractivity contribution in [3.63, 3.8) is 0 Å². The topological polar surface area (TPSA) is 51.1 Å². The monoisotopic (exact) mass is 416 g/mol. The smallest absolute Gasteiger partial charge is 0.282 e. The van der Waals surface area contributed by atoms with Crippen LogP contribution in [0.15, 0.2) is 77.4 Å². The molecule has 0 fully saturated rings. The zero-order chi connectivity index (χ0) is 22.0. The van der Waals surface area contributed by atoms with Crippen LogP contribution in [0.25, 0.3) is 6.08 Å². The highest BCUT2D eigenvalue weighted by molar-refractivity contribution is 6.33. The highest BCUT2D eigenvalue weighted by Gasteiger charge is 2.33. The van der Waals surface area contributed by atoms with Gasteiger partial charge >= 0.3 is 0 Å². The van der Waals surface area contributed by atoms with Crippen LogP contribution in [0.1, 0.15) is 16.7 Å². The van der Waals surface area contributed by atoms with E-state index in [4.69, 9.17) is 9.47 Å². The lowest BCUT2D eigenvalue weighted by Crippen LogP contribution is -2.33. The van der Waals surface area contributed by atoms with Crippen molar-refractivity contribution in [2.24, 2.45) is 4.99 Å². The van der Waals surface area contributed by atoms with Crippen molar-refractivity contribution >= 4 is 23.5 Å². The second kappa shape index (κ2) is 8.44. The summed E-state index contributed by atoms with van der Waals surface area (Å²) in [6, 6.07) is 19.0. The lowest BCUT2D eigenvalue weighted by Gasteiger charge is -2.19. The number of ether oxygens (including phenoxy) is 2. The highest BCUT2D eigenvalue weighted by Crippen LogP contribution is 2.32. The van der Waals surface area contributed by atoms with Gasteiger partial charge in [-0.1, -0.05) is 29.8 Å². The first-order valence-corrected chi connectivity index (χ1v) is 9.70. The minimum absolute atomic E-state index is 0.183. The van der Waals surface area contributed by atoms with E-state index >= 15 is 0 Å². The molecule has 3 aromatic carbocycles. The SMILES string of the molecule is COc1ccc(/C=C2/N=C(c3ccccc3F)N(c3ccc(C)cc3)C2=O)c(OC)c1. The lowest BCUT2D eigenvalue weighted by molar-refractivity contribution is -0.113. The molecule has 4 rings (SSSR count). The molecule has 6 heteroatoms. The number of benzene rings is 3. The summed E-state index contributed by atoms with van der Waals surface area (Å²) >= 11 is 0. The number of halogens is 1. The van der Waals surface area contributed by atoms with Gasteiger partial charge in [0.05, 0.1) is 25.5 Å². The largest absolute Gasteiger partial charge is 0.497 e. The molecule has 0 aromatic heterocycles. The molecule has 0 radical (unpaired) electrons. The molecular weight excluding hydrogens is 395 g/mol. The van der Waals surface area contributed by atoms with Crippen LogP contribution < -0.4 is 14.4 Å². The van der Waals surface area contributed by atoms with Crippen molar-refractivity contribution < 1.29 is 18.7 Å². The number of amides is 1. The molecule has 1 heterocycles. The van der Waals surface area contributed by atoms with Gasteiger partial charge in [0.1, 0.15) is 23.0 Å². The van der Waals surface area contributed by atoms with Crippen LogP contribution in [-0.4, -0.2) is 26.0 Å². The Labute approximate surface area is 180 Å². The van der Waals surface area contributed by atoms with Crippen LogP contribution in [0.3, 0.4) is 0 Å². The fourth-order valence-electron chi connectivity index (χ4n) is 3.36. The number of amidine groups is 1.